The summed E-state index contributed by atoms with van der Waals surface area (Å²) in [5, 5.41) is 4.20. The molecule has 1 N–H and O–H groups in total. The highest BCUT2D eigenvalue weighted by molar-refractivity contribution is 6.08. The molecule has 1 aliphatic rings. The summed E-state index contributed by atoms with van der Waals surface area (Å²) < 4.78 is 5.41. The summed E-state index contributed by atoms with van der Waals surface area (Å²) in [5.74, 6) is 0.141. The summed E-state index contributed by atoms with van der Waals surface area (Å²) in [5.41, 5.74) is 1.48. The van der Waals surface area contributed by atoms with Crippen LogP contribution in [0.25, 0.3) is 11.0 Å². The van der Waals surface area contributed by atoms with E-state index in [1.54, 1.807) is 6.26 Å². The molecule has 0 unspecified atom stereocenters. The maximum atomic E-state index is 12.3. The Balaban J connectivity index is 1.79. The van der Waals surface area contributed by atoms with Gasteiger partial charge < -0.3 is 9.73 Å². The first-order valence-electron chi connectivity index (χ1n) is 6.27. The lowest BCUT2D eigenvalue weighted by Crippen LogP contribution is -2.45. The highest BCUT2D eigenvalue weighted by atomic mass is 16.3. The van der Waals surface area contributed by atoms with Gasteiger partial charge in [0.2, 0.25) is 0 Å². The quantitative estimate of drug-likeness (QED) is 0.831. The van der Waals surface area contributed by atoms with Crippen LogP contribution < -0.4 is 5.32 Å². The van der Waals surface area contributed by atoms with Crippen molar-refractivity contribution in [2.45, 2.75) is 0 Å². The average molecular weight is 244 g/mol. The van der Waals surface area contributed by atoms with Gasteiger partial charge in [-0.1, -0.05) is 18.2 Å². The molecule has 18 heavy (non-hydrogen) atoms. The molecule has 0 saturated carbocycles. The maximum Gasteiger partial charge on any atom is 0.180 e. The van der Waals surface area contributed by atoms with Crippen LogP contribution in [0.3, 0.4) is 0 Å². The Morgan fingerprint density at radius 3 is 2.89 bits per heavy atom. The fourth-order valence-corrected chi connectivity index (χ4v) is 2.35. The van der Waals surface area contributed by atoms with Gasteiger partial charge in [-0.05, 0) is 6.07 Å². The van der Waals surface area contributed by atoms with Gasteiger partial charge >= 0.3 is 0 Å². The average Bonchev–Trinajstić information content (AvgIpc) is 2.84. The van der Waals surface area contributed by atoms with Crippen molar-refractivity contribution in [1.29, 1.82) is 0 Å². The Kier molecular flexibility index (Phi) is 3.13. The van der Waals surface area contributed by atoms with Crippen LogP contribution in [-0.4, -0.2) is 43.4 Å². The molecule has 94 valence electrons. The lowest BCUT2D eigenvalue weighted by atomic mass is 10.1. The second-order valence-electron chi connectivity index (χ2n) is 4.59. The predicted molar refractivity (Wildman–Crippen MR) is 69.9 cm³/mol. The summed E-state index contributed by atoms with van der Waals surface area (Å²) in [6.45, 7) is 4.26. The van der Waals surface area contributed by atoms with Crippen molar-refractivity contribution in [3.8, 4) is 0 Å². The number of nitrogens with zero attached hydrogens (tertiary/aromatic N) is 1. The molecule has 0 spiro atoms. The highest BCUT2D eigenvalue weighted by Crippen LogP contribution is 2.21. The topological polar surface area (TPSA) is 45.5 Å². The zero-order valence-electron chi connectivity index (χ0n) is 10.2. The number of hydrogen-bond acceptors (Lipinski definition) is 4. The number of hydrogen-bond donors (Lipinski definition) is 1. The molecular formula is C14H16N2O2. The van der Waals surface area contributed by atoms with Crippen LogP contribution in [0.2, 0.25) is 0 Å². The molecule has 2 heterocycles. The molecule has 0 bridgehead atoms. The zero-order valence-corrected chi connectivity index (χ0v) is 10.2. The standard InChI is InChI=1S/C14H16N2O2/c17-13(9-16-7-5-15-6-8-16)12-10-18-14-4-2-1-3-11(12)14/h1-4,10,15H,5-9H2. The molecule has 0 aliphatic carbocycles. The fraction of sp³-hybridized carbons (Fsp3) is 0.357. The Morgan fingerprint density at radius 2 is 2.06 bits per heavy atom. The smallest absolute Gasteiger partial charge is 0.180 e. The van der Waals surface area contributed by atoms with Crippen molar-refractivity contribution in [1.82, 2.24) is 10.2 Å². The van der Waals surface area contributed by atoms with Gasteiger partial charge in [-0.2, -0.15) is 0 Å². The molecular weight excluding hydrogens is 228 g/mol. The molecule has 1 aliphatic heterocycles. The van der Waals surface area contributed by atoms with E-state index in [2.05, 4.69) is 10.2 Å². The third kappa shape index (κ3) is 2.17. The minimum atomic E-state index is 0.141. The van der Waals surface area contributed by atoms with Crippen LogP contribution >= 0.6 is 0 Å². The largest absolute Gasteiger partial charge is 0.464 e. The Labute approximate surface area is 106 Å². The van der Waals surface area contributed by atoms with E-state index in [4.69, 9.17) is 4.42 Å². The summed E-state index contributed by atoms with van der Waals surface area (Å²) in [6, 6.07) is 7.66. The van der Waals surface area contributed by atoms with E-state index in [1.165, 1.54) is 0 Å². The van der Waals surface area contributed by atoms with E-state index < -0.39 is 0 Å². The van der Waals surface area contributed by atoms with Crippen molar-refractivity contribution >= 4 is 16.8 Å². The Morgan fingerprint density at radius 1 is 1.28 bits per heavy atom. The van der Waals surface area contributed by atoms with Crippen LogP contribution in [-0.2, 0) is 0 Å². The number of carbonyl (C=O) groups is 1. The van der Waals surface area contributed by atoms with Gasteiger partial charge in [0.1, 0.15) is 11.8 Å². The molecule has 2 aromatic rings. The fourth-order valence-electron chi connectivity index (χ4n) is 2.35. The Bertz CT molecular complexity index is 556. The zero-order chi connectivity index (χ0) is 12.4. The highest BCUT2D eigenvalue weighted by Gasteiger charge is 2.18. The summed E-state index contributed by atoms with van der Waals surface area (Å²) in [4.78, 5) is 14.4. The number of benzene rings is 1. The number of furan rings is 1. The van der Waals surface area contributed by atoms with Crippen molar-refractivity contribution in [2.75, 3.05) is 32.7 Å². The monoisotopic (exact) mass is 244 g/mol. The van der Waals surface area contributed by atoms with Crippen molar-refractivity contribution in [3.05, 3.63) is 36.1 Å². The first kappa shape index (κ1) is 11.4. The first-order chi connectivity index (χ1) is 8.84. The second kappa shape index (κ2) is 4.92. The SMILES string of the molecule is O=C(CN1CCNCC1)c1coc2ccccc12. The second-order valence-corrected chi connectivity index (χ2v) is 4.59. The minimum Gasteiger partial charge on any atom is -0.464 e. The Hall–Kier alpha value is -1.65. The van der Waals surface area contributed by atoms with E-state index >= 15 is 0 Å². The third-order valence-electron chi connectivity index (χ3n) is 3.36. The predicted octanol–water partition coefficient (Wildman–Crippen LogP) is 1.52. The van der Waals surface area contributed by atoms with Crippen molar-refractivity contribution in [2.24, 2.45) is 0 Å². The van der Waals surface area contributed by atoms with Crippen LogP contribution in [0.15, 0.2) is 34.9 Å². The molecule has 1 saturated heterocycles. The molecule has 1 aromatic carbocycles. The molecule has 1 fully saturated rings. The van der Waals surface area contributed by atoms with Crippen molar-refractivity contribution in [3.63, 3.8) is 0 Å². The van der Waals surface area contributed by atoms with E-state index in [0.29, 0.717) is 12.1 Å². The van der Waals surface area contributed by atoms with Crippen LogP contribution in [0.4, 0.5) is 0 Å². The van der Waals surface area contributed by atoms with E-state index in [0.717, 1.165) is 37.1 Å². The molecule has 0 amide bonds. The first-order valence-corrected chi connectivity index (χ1v) is 6.27. The molecule has 4 nitrogen and oxygen atoms in total. The molecule has 3 rings (SSSR count). The van der Waals surface area contributed by atoms with Gasteiger partial charge in [0.15, 0.2) is 5.78 Å². The molecule has 0 atom stereocenters. The molecule has 0 radical (unpaired) electrons. The van der Waals surface area contributed by atoms with Crippen molar-refractivity contribution < 1.29 is 9.21 Å². The summed E-state index contributed by atoms with van der Waals surface area (Å²) in [6.07, 6.45) is 1.58. The minimum absolute atomic E-state index is 0.141. The number of carbonyl (C=O) groups excluding carboxylic acids is 1. The van der Waals surface area contributed by atoms with E-state index in [9.17, 15) is 4.79 Å². The van der Waals surface area contributed by atoms with Crippen LogP contribution in [0.1, 0.15) is 10.4 Å². The summed E-state index contributed by atoms with van der Waals surface area (Å²) in [7, 11) is 0. The number of Topliss-reactive ketones (excluding diaryl/α,β-unsaturated/α-hetero) is 1. The van der Waals surface area contributed by atoms with Gasteiger partial charge in [0.25, 0.3) is 0 Å². The van der Waals surface area contributed by atoms with E-state index in [1.807, 2.05) is 24.3 Å². The van der Waals surface area contributed by atoms with Gasteiger partial charge in [-0.25, -0.2) is 0 Å². The maximum absolute atomic E-state index is 12.3. The number of nitrogens with one attached hydrogen (secondary N) is 1. The van der Waals surface area contributed by atoms with Crippen LogP contribution in [0, 0.1) is 0 Å². The van der Waals surface area contributed by atoms with Crippen LogP contribution in [0.5, 0.6) is 0 Å². The lowest BCUT2D eigenvalue weighted by molar-refractivity contribution is 0.0922. The third-order valence-corrected chi connectivity index (χ3v) is 3.36. The number of piperazine rings is 1. The molecule has 1 aromatic heterocycles. The number of ketones is 1. The van der Waals surface area contributed by atoms with Gasteiger partial charge in [0.05, 0.1) is 12.1 Å². The van der Waals surface area contributed by atoms with Gasteiger partial charge in [-0.15, -0.1) is 0 Å². The molecule has 4 heteroatoms. The van der Waals surface area contributed by atoms with Gasteiger partial charge in [0, 0.05) is 31.6 Å². The number of para-hydroxylation sites is 1. The van der Waals surface area contributed by atoms with E-state index in [-0.39, 0.29) is 5.78 Å². The lowest BCUT2D eigenvalue weighted by Gasteiger charge is -2.26. The normalized spacial score (nSPS) is 17.1. The number of fused-ring (bicyclic) bond motifs is 1. The number of rotatable bonds is 3. The summed E-state index contributed by atoms with van der Waals surface area (Å²) >= 11 is 0. The van der Waals surface area contributed by atoms with Gasteiger partial charge in [-0.3, -0.25) is 9.69 Å².